The fourth-order valence-corrected chi connectivity index (χ4v) is 4.53. The molecule has 0 saturated carbocycles. The first-order valence-electron chi connectivity index (χ1n) is 13.3. The van der Waals surface area contributed by atoms with Gasteiger partial charge >= 0.3 is 5.97 Å². The first-order chi connectivity index (χ1) is 18.0. The van der Waals surface area contributed by atoms with Gasteiger partial charge in [-0.05, 0) is 30.2 Å². The van der Waals surface area contributed by atoms with Crippen molar-refractivity contribution in [2.75, 3.05) is 26.8 Å². The van der Waals surface area contributed by atoms with Crippen LogP contribution in [-0.2, 0) is 35.1 Å². The molecule has 5 atom stereocenters. The van der Waals surface area contributed by atoms with Gasteiger partial charge < -0.3 is 30.7 Å². The van der Waals surface area contributed by atoms with Crippen molar-refractivity contribution in [3.8, 4) is 0 Å². The fraction of sp³-hybridized carbons (Fsp3) is 0.643. The Balaban J connectivity index is 1.98. The van der Waals surface area contributed by atoms with Crippen LogP contribution in [0.4, 0.5) is 0 Å². The van der Waals surface area contributed by atoms with Gasteiger partial charge in [-0.25, -0.2) is 0 Å². The average Bonchev–Trinajstić information content (AvgIpc) is 3.36. The molecule has 1 aromatic rings. The molecule has 5 unspecified atom stereocenters. The normalized spacial score (nSPS) is 18.7. The molecule has 1 fully saturated rings. The largest absolute Gasteiger partial charge is 0.464 e. The van der Waals surface area contributed by atoms with Crippen LogP contribution in [0.25, 0.3) is 0 Å². The smallest absolute Gasteiger partial charge is 0.323 e. The molecule has 1 heterocycles. The van der Waals surface area contributed by atoms with E-state index in [0.717, 1.165) is 24.8 Å². The van der Waals surface area contributed by atoms with Crippen molar-refractivity contribution in [2.24, 2.45) is 17.1 Å². The van der Waals surface area contributed by atoms with Crippen LogP contribution in [0.2, 0.25) is 0 Å². The highest BCUT2D eigenvalue weighted by molar-refractivity contribution is 5.89. The number of carbonyl (C=O) groups excluding carboxylic acids is 4. The number of amides is 3. The summed E-state index contributed by atoms with van der Waals surface area (Å²) >= 11 is 0. The van der Waals surface area contributed by atoms with Crippen LogP contribution in [0.3, 0.4) is 0 Å². The van der Waals surface area contributed by atoms with Crippen LogP contribution < -0.4 is 16.4 Å². The summed E-state index contributed by atoms with van der Waals surface area (Å²) in [6, 6.07) is 7.69. The number of esters is 1. The average molecular weight is 533 g/mol. The molecule has 0 bridgehead atoms. The van der Waals surface area contributed by atoms with Crippen LogP contribution in [0.5, 0.6) is 0 Å². The SMILES string of the molecule is COC(C(C)C(=O)NC(Cc1ccccc1)C(=O)NCCCOC(=O)C(N)C(C)(C)C)C1CCCN1C=O. The number of nitrogens with two attached hydrogens (primary N) is 1. The summed E-state index contributed by atoms with van der Waals surface area (Å²) in [6.45, 7) is 8.37. The van der Waals surface area contributed by atoms with Crippen LogP contribution in [0, 0.1) is 11.3 Å². The van der Waals surface area contributed by atoms with Crippen LogP contribution >= 0.6 is 0 Å². The third-order valence-corrected chi connectivity index (χ3v) is 7.00. The minimum atomic E-state index is -0.813. The Morgan fingerprint density at radius 1 is 1.18 bits per heavy atom. The first kappa shape index (κ1) is 31.2. The topological polar surface area (TPSA) is 140 Å². The molecule has 38 heavy (non-hydrogen) atoms. The van der Waals surface area contributed by atoms with E-state index in [1.807, 2.05) is 51.1 Å². The zero-order valence-electron chi connectivity index (χ0n) is 23.3. The number of carbonyl (C=O) groups is 4. The Kier molecular flexibility index (Phi) is 12.2. The van der Waals surface area contributed by atoms with Gasteiger partial charge in [0.15, 0.2) is 0 Å². The first-order valence-corrected chi connectivity index (χ1v) is 13.3. The molecule has 1 aliphatic rings. The highest BCUT2D eigenvalue weighted by Crippen LogP contribution is 2.25. The molecular formula is C28H44N4O6. The monoisotopic (exact) mass is 532 g/mol. The maximum absolute atomic E-state index is 13.2. The summed E-state index contributed by atoms with van der Waals surface area (Å²) in [5.74, 6) is -1.72. The molecule has 10 nitrogen and oxygen atoms in total. The number of nitrogens with zero attached hydrogens (tertiary/aromatic N) is 1. The third kappa shape index (κ3) is 9.09. The number of nitrogens with one attached hydrogen (secondary N) is 2. The van der Waals surface area contributed by atoms with E-state index in [1.165, 1.54) is 7.11 Å². The predicted octanol–water partition coefficient (Wildman–Crippen LogP) is 1.41. The summed E-state index contributed by atoms with van der Waals surface area (Å²) in [4.78, 5) is 51.5. The van der Waals surface area contributed by atoms with Crippen molar-refractivity contribution in [2.45, 2.75) is 77.6 Å². The maximum Gasteiger partial charge on any atom is 0.323 e. The van der Waals surface area contributed by atoms with E-state index in [-0.39, 0.29) is 31.0 Å². The number of likely N-dealkylation sites (tertiary alicyclic amines) is 1. The van der Waals surface area contributed by atoms with Gasteiger partial charge in [-0.2, -0.15) is 0 Å². The fourth-order valence-electron chi connectivity index (χ4n) is 4.53. The molecule has 10 heteroatoms. The zero-order valence-corrected chi connectivity index (χ0v) is 23.3. The van der Waals surface area contributed by atoms with Gasteiger partial charge in [0.2, 0.25) is 18.2 Å². The van der Waals surface area contributed by atoms with Crippen LogP contribution in [-0.4, -0.2) is 80.1 Å². The Morgan fingerprint density at radius 2 is 1.87 bits per heavy atom. The minimum absolute atomic E-state index is 0.125. The lowest BCUT2D eigenvalue weighted by atomic mass is 9.87. The highest BCUT2D eigenvalue weighted by atomic mass is 16.5. The van der Waals surface area contributed by atoms with Crippen molar-refractivity contribution in [1.29, 1.82) is 0 Å². The number of methoxy groups -OCH3 is 1. The molecule has 1 aliphatic heterocycles. The molecular weight excluding hydrogens is 488 g/mol. The van der Waals surface area contributed by atoms with E-state index >= 15 is 0 Å². The van der Waals surface area contributed by atoms with Crippen molar-refractivity contribution in [1.82, 2.24) is 15.5 Å². The minimum Gasteiger partial charge on any atom is -0.464 e. The molecule has 4 N–H and O–H groups in total. The summed E-state index contributed by atoms with van der Waals surface area (Å²) < 4.78 is 10.9. The van der Waals surface area contributed by atoms with Crippen molar-refractivity contribution >= 4 is 24.2 Å². The quantitative estimate of drug-likeness (QED) is 0.187. The Morgan fingerprint density at radius 3 is 2.47 bits per heavy atom. The van der Waals surface area contributed by atoms with E-state index in [1.54, 1.807) is 11.8 Å². The summed E-state index contributed by atoms with van der Waals surface area (Å²) in [7, 11) is 1.53. The van der Waals surface area contributed by atoms with Crippen LogP contribution in [0.15, 0.2) is 30.3 Å². The van der Waals surface area contributed by atoms with Gasteiger partial charge in [0, 0.05) is 26.6 Å². The van der Waals surface area contributed by atoms with Gasteiger partial charge in [-0.3, -0.25) is 19.2 Å². The summed E-state index contributed by atoms with van der Waals surface area (Å²) in [6.07, 6.45) is 2.64. The number of benzene rings is 1. The Bertz CT molecular complexity index is 920. The highest BCUT2D eigenvalue weighted by Gasteiger charge is 2.38. The molecule has 212 valence electrons. The van der Waals surface area contributed by atoms with E-state index < -0.39 is 35.5 Å². The predicted molar refractivity (Wildman–Crippen MR) is 144 cm³/mol. The van der Waals surface area contributed by atoms with E-state index in [9.17, 15) is 19.2 Å². The van der Waals surface area contributed by atoms with E-state index in [0.29, 0.717) is 19.4 Å². The molecule has 1 saturated heterocycles. The third-order valence-electron chi connectivity index (χ3n) is 7.00. The number of rotatable bonds is 14. The summed E-state index contributed by atoms with van der Waals surface area (Å²) in [5.41, 5.74) is 6.41. The lowest BCUT2D eigenvalue weighted by molar-refractivity contribution is -0.147. The van der Waals surface area contributed by atoms with Gasteiger partial charge in [-0.15, -0.1) is 0 Å². The molecule has 1 aromatic carbocycles. The number of ether oxygens (including phenoxy) is 2. The molecule has 0 spiro atoms. The van der Waals surface area contributed by atoms with Crippen molar-refractivity contribution in [3.63, 3.8) is 0 Å². The van der Waals surface area contributed by atoms with Crippen molar-refractivity contribution < 1.29 is 28.7 Å². The lowest BCUT2D eigenvalue weighted by Gasteiger charge is -2.32. The second-order valence-corrected chi connectivity index (χ2v) is 10.9. The molecule has 3 amide bonds. The van der Waals surface area contributed by atoms with E-state index in [4.69, 9.17) is 15.2 Å². The Hall–Kier alpha value is -2.98. The summed E-state index contributed by atoms with van der Waals surface area (Å²) in [5, 5.41) is 5.72. The molecule has 2 rings (SSSR count). The number of hydrogen-bond acceptors (Lipinski definition) is 7. The van der Waals surface area contributed by atoms with Crippen molar-refractivity contribution in [3.05, 3.63) is 35.9 Å². The van der Waals surface area contributed by atoms with Gasteiger partial charge in [0.25, 0.3) is 0 Å². The molecule has 0 aliphatic carbocycles. The second kappa shape index (κ2) is 14.8. The maximum atomic E-state index is 13.2. The van der Waals surface area contributed by atoms with Gasteiger partial charge in [0.05, 0.1) is 24.7 Å². The van der Waals surface area contributed by atoms with E-state index in [2.05, 4.69) is 10.6 Å². The molecule has 0 radical (unpaired) electrons. The Labute approximate surface area is 226 Å². The second-order valence-electron chi connectivity index (χ2n) is 10.9. The zero-order chi connectivity index (χ0) is 28.3. The number of hydrogen-bond donors (Lipinski definition) is 3. The van der Waals surface area contributed by atoms with Gasteiger partial charge in [0.1, 0.15) is 12.1 Å². The van der Waals surface area contributed by atoms with Gasteiger partial charge in [-0.1, -0.05) is 58.0 Å². The standard InChI is InChI=1S/C28H44N4O6/c1-19(23(37-5)22-13-9-15-32(22)18-33)25(34)31-21(17-20-11-7-6-8-12-20)26(35)30-14-10-16-38-27(36)24(29)28(2,3)4/h6-8,11-12,18-19,21-24H,9-10,13-17,29H2,1-5H3,(H,30,35)(H,31,34). The lowest BCUT2D eigenvalue weighted by Crippen LogP contribution is -2.53. The van der Waals surface area contributed by atoms with Crippen LogP contribution in [0.1, 0.15) is 52.5 Å². The molecule has 0 aromatic heterocycles.